The van der Waals surface area contributed by atoms with Gasteiger partial charge < -0.3 is 4.74 Å². The molecule has 0 aliphatic rings. The minimum atomic E-state index is -0.625. The molecule has 110 valence electrons. The molecule has 21 heavy (non-hydrogen) atoms. The lowest BCUT2D eigenvalue weighted by atomic mass is 10.4. The summed E-state index contributed by atoms with van der Waals surface area (Å²) in [4.78, 5) is 25.7. The zero-order valence-electron chi connectivity index (χ0n) is 10.7. The molecular weight excluding hydrogens is 318 g/mol. The van der Waals surface area contributed by atoms with E-state index in [0.717, 1.165) is 23.1 Å². The first-order valence-electron chi connectivity index (χ1n) is 5.63. The van der Waals surface area contributed by atoms with Gasteiger partial charge in [-0.25, -0.2) is 4.79 Å². The molecule has 9 nitrogen and oxygen atoms in total. The van der Waals surface area contributed by atoms with Gasteiger partial charge in [0.1, 0.15) is 6.20 Å². The second-order valence-corrected chi connectivity index (χ2v) is 5.69. The number of nitrogens with zero attached hydrogens (tertiary/aromatic N) is 4. The Morgan fingerprint density at radius 2 is 2.38 bits per heavy atom. The second-order valence-electron chi connectivity index (χ2n) is 3.42. The SMILES string of the molecule is CCOC(=O)Nc1nnc(Sc2ccncc2[N+](=O)[O-])s1. The smallest absolute Gasteiger partial charge is 0.413 e. The Morgan fingerprint density at radius 3 is 3.10 bits per heavy atom. The number of ether oxygens (including phenoxy) is 1. The number of anilines is 1. The van der Waals surface area contributed by atoms with Crippen LogP contribution in [0, 0.1) is 10.1 Å². The Hall–Kier alpha value is -2.27. The van der Waals surface area contributed by atoms with Crippen LogP contribution in [0.5, 0.6) is 0 Å². The van der Waals surface area contributed by atoms with E-state index in [4.69, 9.17) is 4.74 Å². The maximum absolute atomic E-state index is 11.2. The van der Waals surface area contributed by atoms with Crippen LogP contribution in [-0.2, 0) is 4.74 Å². The summed E-state index contributed by atoms with van der Waals surface area (Å²) in [7, 11) is 0. The molecule has 2 heterocycles. The summed E-state index contributed by atoms with van der Waals surface area (Å²) in [5, 5.41) is 21.2. The molecule has 0 aromatic carbocycles. The van der Waals surface area contributed by atoms with Crippen molar-refractivity contribution in [3.8, 4) is 0 Å². The van der Waals surface area contributed by atoms with Crippen LogP contribution in [-0.4, -0.2) is 32.8 Å². The van der Waals surface area contributed by atoms with E-state index in [-0.39, 0.29) is 17.4 Å². The quantitative estimate of drug-likeness (QED) is 0.505. The second kappa shape index (κ2) is 6.95. The lowest BCUT2D eigenvalue weighted by molar-refractivity contribution is -0.388. The van der Waals surface area contributed by atoms with Crippen LogP contribution in [0.25, 0.3) is 0 Å². The molecule has 11 heteroatoms. The molecule has 0 atom stereocenters. The predicted molar refractivity (Wildman–Crippen MR) is 75.6 cm³/mol. The van der Waals surface area contributed by atoms with Crippen molar-refractivity contribution in [1.82, 2.24) is 15.2 Å². The van der Waals surface area contributed by atoms with Crippen LogP contribution >= 0.6 is 23.1 Å². The van der Waals surface area contributed by atoms with E-state index in [2.05, 4.69) is 20.5 Å². The molecule has 1 amide bonds. The van der Waals surface area contributed by atoms with Gasteiger partial charge in [0.2, 0.25) is 5.13 Å². The minimum absolute atomic E-state index is 0.113. The number of carbonyl (C=O) groups is 1. The van der Waals surface area contributed by atoms with Crippen LogP contribution < -0.4 is 5.32 Å². The van der Waals surface area contributed by atoms with Crippen molar-refractivity contribution >= 4 is 40.0 Å². The molecule has 0 spiro atoms. The molecule has 0 aliphatic carbocycles. The zero-order chi connectivity index (χ0) is 15.2. The minimum Gasteiger partial charge on any atom is -0.450 e. The highest BCUT2D eigenvalue weighted by molar-refractivity contribution is 8.01. The summed E-state index contributed by atoms with van der Waals surface area (Å²) in [6, 6.07) is 1.52. The number of aromatic nitrogens is 3. The van der Waals surface area contributed by atoms with Gasteiger partial charge in [0.05, 0.1) is 16.4 Å². The highest BCUT2D eigenvalue weighted by Crippen LogP contribution is 2.36. The van der Waals surface area contributed by atoms with Gasteiger partial charge in [-0.3, -0.25) is 20.4 Å². The van der Waals surface area contributed by atoms with Crippen molar-refractivity contribution in [3.63, 3.8) is 0 Å². The van der Waals surface area contributed by atoms with Crippen LogP contribution in [0.3, 0.4) is 0 Å². The van der Waals surface area contributed by atoms with E-state index in [1.165, 1.54) is 18.5 Å². The van der Waals surface area contributed by atoms with Crippen LogP contribution in [0.1, 0.15) is 6.92 Å². The topological polar surface area (TPSA) is 120 Å². The first-order valence-corrected chi connectivity index (χ1v) is 7.27. The Kier molecular flexibility index (Phi) is 5.00. The van der Waals surface area contributed by atoms with Gasteiger partial charge in [-0.1, -0.05) is 11.3 Å². The van der Waals surface area contributed by atoms with Crippen LogP contribution in [0.2, 0.25) is 0 Å². The third kappa shape index (κ3) is 4.10. The molecule has 1 N–H and O–H groups in total. The maximum Gasteiger partial charge on any atom is 0.413 e. The molecule has 0 bridgehead atoms. The average molecular weight is 327 g/mol. The molecule has 0 saturated carbocycles. The lowest BCUT2D eigenvalue weighted by Gasteiger charge is -1.99. The highest BCUT2D eigenvalue weighted by Gasteiger charge is 2.17. The standard InChI is InChI=1S/C10H9N5O4S2/c1-2-19-9(16)12-8-13-14-10(21-8)20-7-3-4-11-5-6(7)15(17)18/h3-5H,2H2,1H3,(H,12,13,16). The van der Waals surface area contributed by atoms with Gasteiger partial charge in [-0.15, -0.1) is 10.2 Å². The largest absolute Gasteiger partial charge is 0.450 e. The number of nitro groups is 1. The molecular formula is C10H9N5O4S2. The number of rotatable bonds is 5. The van der Waals surface area contributed by atoms with E-state index in [1.807, 2.05) is 0 Å². The number of hydrogen-bond donors (Lipinski definition) is 1. The summed E-state index contributed by atoms with van der Waals surface area (Å²) < 4.78 is 5.16. The van der Waals surface area contributed by atoms with Gasteiger partial charge >= 0.3 is 11.8 Å². The zero-order valence-corrected chi connectivity index (χ0v) is 12.3. The van der Waals surface area contributed by atoms with Gasteiger partial charge in [0.25, 0.3) is 0 Å². The van der Waals surface area contributed by atoms with E-state index < -0.39 is 11.0 Å². The molecule has 0 radical (unpaired) electrons. The van der Waals surface area contributed by atoms with Gasteiger partial charge in [0.15, 0.2) is 4.34 Å². The molecule has 2 rings (SSSR count). The van der Waals surface area contributed by atoms with Crippen molar-refractivity contribution in [2.24, 2.45) is 0 Å². The normalized spacial score (nSPS) is 10.1. The van der Waals surface area contributed by atoms with Crippen LogP contribution in [0.4, 0.5) is 15.6 Å². The first-order chi connectivity index (χ1) is 10.1. The van der Waals surface area contributed by atoms with Crippen molar-refractivity contribution in [1.29, 1.82) is 0 Å². The van der Waals surface area contributed by atoms with E-state index >= 15 is 0 Å². The molecule has 0 fully saturated rings. The monoisotopic (exact) mass is 327 g/mol. The van der Waals surface area contributed by atoms with Gasteiger partial charge in [-0.2, -0.15) is 0 Å². The molecule has 0 saturated heterocycles. The number of pyridine rings is 1. The summed E-state index contributed by atoms with van der Waals surface area (Å²) in [5.74, 6) is 0. The summed E-state index contributed by atoms with van der Waals surface area (Å²) in [5.41, 5.74) is -0.113. The van der Waals surface area contributed by atoms with Crippen molar-refractivity contribution in [2.45, 2.75) is 16.2 Å². The molecule has 0 unspecified atom stereocenters. The predicted octanol–water partition coefficient (Wildman–Crippen LogP) is 2.56. The Bertz CT molecular complexity index is 662. The Balaban J connectivity index is 2.09. The molecule has 2 aromatic heterocycles. The van der Waals surface area contributed by atoms with Crippen molar-refractivity contribution in [2.75, 3.05) is 11.9 Å². The lowest BCUT2D eigenvalue weighted by Crippen LogP contribution is -2.12. The molecule has 2 aromatic rings. The van der Waals surface area contributed by atoms with Crippen molar-refractivity contribution < 1.29 is 14.5 Å². The number of hydrogen-bond acceptors (Lipinski definition) is 9. The first kappa shape index (κ1) is 15.1. The number of carbonyl (C=O) groups excluding carboxylic acids is 1. The van der Waals surface area contributed by atoms with E-state index in [0.29, 0.717) is 9.24 Å². The fourth-order valence-electron chi connectivity index (χ4n) is 1.25. The summed E-state index contributed by atoms with van der Waals surface area (Å²) in [6.07, 6.45) is 2.00. The third-order valence-corrected chi connectivity index (χ3v) is 4.00. The third-order valence-electron chi connectivity index (χ3n) is 2.05. The van der Waals surface area contributed by atoms with Crippen molar-refractivity contribution in [3.05, 3.63) is 28.6 Å². The van der Waals surface area contributed by atoms with Crippen LogP contribution in [0.15, 0.2) is 27.7 Å². The van der Waals surface area contributed by atoms with Gasteiger partial charge in [0, 0.05) is 6.20 Å². The van der Waals surface area contributed by atoms with E-state index in [9.17, 15) is 14.9 Å². The van der Waals surface area contributed by atoms with E-state index in [1.54, 1.807) is 6.92 Å². The fraction of sp³-hybridized carbons (Fsp3) is 0.200. The highest BCUT2D eigenvalue weighted by atomic mass is 32.2. The number of amides is 1. The average Bonchev–Trinajstić information content (AvgIpc) is 2.86. The number of nitrogens with one attached hydrogen (secondary N) is 1. The molecule has 0 aliphatic heterocycles. The summed E-state index contributed by atoms with van der Waals surface area (Å²) in [6.45, 7) is 1.93. The van der Waals surface area contributed by atoms with Gasteiger partial charge in [-0.05, 0) is 24.8 Å². The Morgan fingerprint density at radius 1 is 1.57 bits per heavy atom. The summed E-state index contributed by atoms with van der Waals surface area (Å²) >= 11 is 2.16. The Labute approximate surface area is 126 Å². The fourth-order valence-corrected chi connectivity index (χ4v) is 3.01. The maximum atomic E-state index is 11.2.